The maximum absolute atomic E-state index is 11.2. The number of nitrogens with zero attached hydrogens (tertiary/aromatic N) is 2. The molecule has 0 spiro atoms. The molecule has 0 aromatic heterocycles. The zero-order chi connectivity index (χ0) is 15.4. The molecule has 21 heavy (non-hydrogen) atoms. The van der Waals surface area contributed by atoms with Gasteiger partial charge >= 0.3 is 5.97 Å². The second kappa shape index (κ2) is 6.56. The van der Waals surface area contributed by atoms with Crippen LogP contribution in [0.4, 0.5) is 11.4 Å². The van der Waals surface area contributed by atoms with Gasteiger partial charge in [-0.25, -0.2) is 0 Å². The van der Waals surface area contributed by atoms with Crippen LogP contribution in [0.3, 0.4) is 0 Å². The number of rotatable bonds is 5. The summed E-state index contributed by atoms with van der Waals surface area (Å²) in [6.07, 6.45) is 2.72. The van der Waals surface area contributed by atoms with Crippen LogP contribution in [0.15, 0.2) is 18.2 Å². The van der Waals surface area contributed by atoms with Crippen molar-refractivity contribution in [1.82, 2.24) is 0 Å². The summed E-state index contributed by atoms with van der Waals surface area (Å²) in [5, 5.41) is 20.0. The molecular weight excluding hydrogens is 272 g/mol. The molecule has 6 heteroatoms. The molecule has 2 rings (SSSR count). The number of carboxylic acid groups (broad SMARTS) is 1. The smallest absolute Gasteiger partial charge is 0.303 e. The molecule has 1 saturated heterocycles. The first-order chi connectivity index (χ1) is 9.97. The van der Waals surface area contributed by atoms with E-state index in [0.717, 1.165) is 24.9 Å². The standard InChI is InChI=1S/C15H20N2O4/c1-11-4-6-13(17(20)21)14(9-11)16-8-2-3-12(10-16)5-7-15(18)19/h4,6,9,12H,2-3,5,7-8,10H2,1H3,(H,18,19). The number of piperidine rings is 1. The minimum atomic E-state index is -0.784. The number of hydrogen-bond donors (Lipinski definition) is 1. The molecule has 1 fully saturated rings. The minimum Gasteiger partial charge on any atom is -0.481 e. The van der Waals surface area contributed by atoms with E-state index in [9.17, 15) is 14.9 Å². The lowest BCUT2D eigenvalue weighted by atomic mass is 9.93. The number of nitro benzene ring substituents is 1. The number of aliphatic carboxylic acids is 1. The van der Waals surface area contributed by atoms with Gasteiger partial charge in [-0.15, -0.1) is 0 Å². The van der Waals surface area contributed by atoms with Crippen molar-refractivity contribution in [2.24, 2.45) is 5.92 Å². The highest BCUT2D eigenvalue weighted by Crippen LogP contribution is 2.33. The second-order valence-corrected chi connectivity index (χ2v) is 5.64. The fraction of sp³-hybridized carbons (Fsp3) is 0.533. The van der Waals surface area contributed by atoms with Gasteiger partial charge < -0.3 is 10.0 Å². The van der Waals surface area contributed by atoms with Crippen molar-refractivity contribution in [2.45, 2.75) is 32.6 Å². The molecule has 1 aromatic carbocycles. The Kier molecular flexibility index (Phi) is 4.77. The Morgan fingerprint density at radius 1 is 1.52 bits per heavy atom. The molecule has 1 N–H and O–H groups in total. The molecule has 1 atom stereocenters. The SMILES string of the molecule is Cc1ccc([N+](=O)[O-])c(N2CCCC(CCC(=O)O)C2)c1. The van der Waals surface area contributed by atoms with E-state index in [1.54, 1.807) is 12.1 Å². The first kappa shape index (κ1) is 15.3. The summed E-state index contributed by atoms with van der Waals surface area (Å²) < 4.78 is 0. The van der Waals surface area contributed by atoms with E-state index >= 15 is 0 Å². The summed E-state index contributed by atoms with van der Waals surface area (Å²) in [7, 11) is 0. The van der Waals surface area contributed by atoms with Crippen LogP contribution in [0, 0.1) is 23.0 Å². The van der Waals surface area contributed by atoms with Crippen molar-refractivity contribution in [3.05, 3.63) is 33.9 Å². The Labute approximate surface area is 123 Å². The first-order valence-electron chi connectivity index (χ1n) is 7.19. The monoisotopic (exact) mass is 292 g/mol. The van der Waals surface area contributed by atoms with Crippen LogP contribution >= 0.6 is 0 Å². The molecule has 1 aliphatic heterocycles. The van der Waals surface area contributed by atoms with Gasteiger partial charge in [0, 0.05) is 25.6 Å². The van der Waals surface area contributed by atoms with E-state index in [-0.39, 0.29) is 22.9 Å². The van der Waals surface area contributed by atoms with E-state index in [1.807, 2.05) is 17.9 Å². The molecule has 0 aliphatic carbocycles. The molecule has 0 amide bonds. The van der Waals surface area contributed by atoms with Gasteiger partial charge in [0.1, 0.15) is 5.69 Å². The van der Waals surface area contributed by atoms with Gasteiger partial charge in [-0.05, 0) is 43.7 Å². The number of hydrogen-bond acceptors (Lipinski definition) is 4. The molecule has 0 radical (unpaired) electrons. The van der Waals surface area contributed by atoms with E-state index < -0.39 is 5.97 Å². The van der Waals surface area contributed by atoms with Crippen LogP contribution in [-0.2, 0) is 4.79 Å². The van der Waals surface area contributed by atoms with Gasteiger partial charge in [0.2, 0.25) is 0 Å². The van der Waals surface area contributed by atoms with Crippen molar-refractivity contribution < 1.29 is 14.8 Å². The summed E-state index contributed by atoms with van der Waals surface area (Å²) in [5.41, 5.74) is 1.77. The Hall–Kier alpha value is -2.11. The molecule has 6 nitrogen and oxygen atoms in total. The number of anilines is 1. The van der Waals surface area contributed by atoms with Crippen molar-refractivity contribution in [1.29, 1.82) is 0 Å². The quantitative estimate of drug-likeness (QED) is 0.666. The topological polar surface area (TPSA) is 83.7 Å². The average molecular weight is 292 g/mol. The van der Waals surface area contributed by atoms with E-state index in [0.29, 0.717) is 18.7 Å². The predicted octanol–water partition coefficient (Wildman–Crippen LogP) is 2.98. The molecule has 1 heterocycles. The Morgan fingerprint density at radius 3 is 2.95 bits per heavy atom. The molecule has 1 aliphatic rings. The van der Waals surface area contributed by atoms with Crippen molar-refractivity contribution in [2.75, 3.05) is 18.0 Å². The Bertz CT molecular complexity index is 544. The third kappa shape index (κ3) is 3.93. The van der Waals surface area contributed by atoms with Gasteiger partial charge in [-0.3, -0.25) is 14.9 Å². The summed E-state index contributed by atoms with van der Waals surface area (Å²) in [5.74, 6) is -0.497. The van der Waals surface area contributed by atoms with Crippen molar-refractivity contribution in [3.8, 4) is 0 Å². The van der Waals surface area contributed by atoms with E-state index in [4.69, 9.17) is 5.11 Å². The minimum absolute atomic E-state index is 0.125. The molecule has 0 saturated carbocycles. The van der Waals surface area contributed by atoms with Crippen LogP contribution in [0.25, 0.3) is 0 Å². The first-order valence-corrected chi connectivity index (χ1v) is 7.19. The summed E-state index contributed by atoms with van der Waals surface area (Å²) in [6, 6.07) is 5.14. The predicted molar refractivity (Wildman–Crippen MR) is 79.6 cm³/mol. The highest BCUT2D eigenvalue weighted by Gasteiger charge is 2.25. The Balaban J connectivity index is 2.15. The fourth-order valence-corrected chi connectivity index (χ4v) is 2.89. The van der Waals surface area contributed by atoms with Crippen LogP contribution < -0.4 is 4.90 Å². The molecular formula is C15H20N2O4. The number of carboxylic acids is 1. The maximum Gasteiger partial charge on any atom is 0.303 e. The van der Waals surface area contributed by atoms with Gasteiger partial charge in [-0.2, -0.15) is 0 Å². The van der Waals surface area contributed by atoms with E-state index in [2.05, 4.69) is 0 Å². The summed E-state index contributed by atoms with van der Waals surface area (Å²) in [4.78, 5) is 23.5. The van der Waals surface area contributed by atoms with Gasteiger partial charge in [-0.1, -0.05) is 6.07 Å². The lowest BCUT2D eigenvalue weighted by Gasteiger charge is -2.34. The van der Waals surface area contributed by atoms with Gasteiger partial charge in [0.05, 0.1) is 4.92 Å². The zero-order valence-electron chi connectivity index (χ0n) is 12.1. The molecule has 1 aromatic rings. The molecule has 1 unspecified atom stereocenters. The van der Waals surface area contributed by atoms with Crippen LogP contribution in [0.2, 0.25) is 0 Å². The van der Waals surface area contributed by atoms with Gasteiger partial charge in [0.15, 0.2) is 0 Å². The normalized spacial score (nSPS) is 18.5. The lowest BCUT2D eigenvalue weighted by molar-refractivity contribution is -0.384. The highest BCUT2D eigenvalue weighted by molar-refractivity contribution is 5.67. The molecule has 0 bridgehead atoms. The van der Waals surface area contributed by atoms with Crippen molar-refractivity contribution in [3.63, 3.8) is 0 Å². The summed E-state index contributed by atoms with van der Waals surface area (Å²) in [6.45, 7) is 3.39. The second-order valence-electron chi connectivity index (χ2n) is 5.64. The number of carbonyl (C=O) groups is 1. The lowest BCUT2D eigenvalue weighted by Crippen LogP contribution is -2.36. The number of aryl methyl sites for hydroxylation is 1. The van der Waals surface area contributed by atoms with Crippen LogP contribution in [-0.4, -0.2) is 29.1 Å². The maximum atomic E-state index is 11.2. The molecule has 114 valence electrons. The number of benzene rings is 1. The van der Waals surface area contributed by atoms with E-state index in [1.165, 1.54) is 0 Å². The third-order valence-electron chi connectivity index (χ3n) is 3.95. The summed E-state index contributed by atoms with van der Waals surface area (Å²) >= 11 is 0. The van der Waals surface area contributed by atoms with Crippen LogP contribution in [0.5, 0.6) is 0 Å². The van der Waals surface area contributed by atoms with Crippen LogP contribution in [0.1, 0.15) is 31.2 Å². The third-order valence-corrected chi connectivity index (χ3v) is 3.95. The zero-order valence-corrected chi connectivity index (χ0v) is 12.1. The average Bonchev–Trinajstić information content (AvgIpc) is 2.45. The number of nitro groups is 1. The highest BCUT2D eigenvalue weighted by atomic mass is 16.6. The van der Waals surface area contributed by atoms with Gasteiger partial charge in [0.25, 0.3) is 5.69 Å². The fourth-order valence-electron chi connectivity index (χ4n) is 2.89. The largest absolute Gasteiger partial charge is 0.481 e. The van der Waals surface area contributed by atoms with Crippen molar-refractivity contribution >= 4 is 17.3 Å². The Morgan fingerprint density at radius 2 is 2.29 bits per heavy atom.